The van der Waals surface area contributed by atoms with Crippen LogP contribution in [0.5, 0.6) is 0 Å². The van der Waals surface area contributed by atoms with Gasteiger partial charge >= 0.3 is 5.97 Å². The fraction of sp³-hybridized carbons (Fsp3) is 0.786. The molecule has 3 unspecified atom stereocenters. The van der Waals surface area contributed by atoms with Crippen molar-refractivity contribution in [1.29, 1.82) is 0 Å². The molecule has 3 atom stereocenters. The monoisotopic (exact) mass is 282 g/mol. The third-order valence-electron chi connectivity index (χ3n) is 4.43. The maximum atomic E-state index is 12.0. The van der Waals surface area contributed by atoms with Gasteiger partial charge < -0.3 is 15.3 Å². The zero-order chi connectivity index (χ0) is 14.9. The standard InChI is InChI=1S/C14H22N2O4/c1-9-7-10(9)12(18)15-5-3-11(17)16-6-4-14(2,8-16)13(19)20/h9-10H,3-8H2,1-2H3,(H,15,18)(H,19,20). The predicted molar refractivity (Wildman–Crippen MR) is 71.8 cm³/mol. The van der Waals surface area contributed by atoms with Crippen LogP contribution in [0.4, 0.5) is 0 Å². The molecule has 0 aromatic rings. The summed E-state index contributed by atoms with van der Waals surface area (Å²) in [6.45, 7) is 4.77. The van der Waals surface area contributed by atoms with Crippen LogP contribution < -0.4 is 5.32 Å². The molecule has 0 aromatic carbocycles. The summed E-state index contributed by atoms with van der Waals surface area (Å²) in [6, 6.07) is 0. The highest BCUT2D eigenvalue weighted by Gasteiger charge is 2.42. The topological polar surface area (TPSA) is 86.7 Å². The summed E-state index contributed by atoms with van der Waals surface area (Å²) in [5.41, 5.74) is -0.831. The van der Waals surface area contributed by atoms with Gasteiger partial charge in [-0.25, -0.2) is 0 Å². The molecule has 1 aliphatic carbocycles. The smallest absolute Gasteiger partial charge is 0.311 e. The molecule has 112 valence electrons. The molecular formula is C14H22N2O4. The third-order valence-corrected chi connectivity index (χ3v) is 4.43. The first kappa shape index (κ1) is 14.8. The van der Waals surface area contributed by atoms with E-state index in [9.17, 15) is 14.4 Å². The highest BCUT2D eigenvalue weighted by Crippen LogP contribution is 2.37. The number of carboxylic acid groups (broad SMARTS) is 1. The second-order valence-electron chi connectivity index (χ2n) is 6.29. The molecule has 0 spiro atoms. The summed E-state index contributed by atoms with van der Waals surface area (Å²) in [6.07, 6.45) is 1.66. The molecule has 6 heteroatoms. The first-order valence-electron chi connectivity index (χ1n) is 7.12. The number of rotatable bonds is 5. The Balaban J connectivity index is 1.71. The van der Waals surface area contributed by atoms with Crippen molar-refractivity contribution in [3.8, 4) is 0 Å². The fourth-order valence-corrected chi connectivity index (χ4v) is 2.62. The molecule has 0 radical (unpaired) electrons. The highest BCUT2D eigenvalue weighted by atomic mass is 16.4. The number of likely N-dealkylation sites (tertiary alicyclic amines) is 1. The van der Waals surface area contributed by atoms with Gasteiger partial charge in [-0.15, -0.1) is 0 Å². The van der Waals surface area contributed by atoms with E-state index >= 15 is 0 Å². The van der Waals surface area contributed by atoms with Gasteiger partial charge in [-0.2, -0.15) is 0 Å². The van der Waals surface area contributed by atoms with E-state index in [0.717, 1.165) is 6.42 Å². The number of hydrogen-bond donors (Lipinski definition) is 2. The normalized spacial score (nSPS) is 32.0. The first-order valence-corrected chi connectivity index (χ1v) is 7.12. The summed E-state index contributed by atoms with van der Waals surface area (Å²) >= 11 is 0. The van der Waals surface area contributed by atoms with E-state index in [-0.39, 0.29) is 30.7 Å². The SMILES string of the molecule is CC1CC1C(=O)NCCC(=O)N1CCC(C)(C(=O)O)C1. The molecule has 0 bridgehead atoms. The maximum absolute atomic E-state index is 12.0. The quantitative estimate of drug-likeness (QED) is 0.767. The van der Waals surface area contributed by atoms with E-state index in [1.54, 1.807) is 11.8 Å². The Morgan fingerprint density at radius 3 is 2.55 bits per heavy atom. The Morgan fingerprint density at radius 1 is 1.40 bits per heavy atom. The first-order chi connectivity index (χ1) is 9.33. The summed E-state index contributed by atoms with van der Waals surface area (Å²) in [7, 11) is 0. The summed E-state index contributed by atoms with van der Waals surface area (Å²) in [5, 5.41) is 11.9. The van der Waals surface area contributed by atoms with Gasteiger partial charge in [-0.05, 0) is 25.7 Å². The van der Waals surface area contributed by atoms with Crippen molar-refractivity contribution in [2.75, 3.05) is 19.6 Å². The zero-order valence-electron chi connectivity index (χ0n) is 12.0. The number of carbonyl (C=O) groups excluding carboxylic acids is 2. The Bertz CT molecular complexity index is 437. The van der Waals surface area contributed by atoms with Crippen molar-refractivity contribution in [2.24, 2.45) is 17.3 Å². The number of hydrogen-bond acceptors (Lipinski definition) is 3. The minimum atomic E-state index is -0.858. The molecule has 20 heavy (non-hydrogen) atoms. The van der Waals surface area contributed by atoms with Crippen LogP contribution in [-0.4, -0.2) is 47.4 Å². The molecule has 6 nitrogen and oxygen atoms in total. The summed E-state index contributed by atoms with van der Waals surface area (Å²) in [5.74, 6) is -0.335. The van der Waals surface area contributed by atoms with Crippen LogP contribution in [0, 0.1) is 17.3 Å². The largest absolute Gasteiger partial charge is 0.481 e. The van der Waals surface area contributed by atoms with E-state index in [1.165, 1.54) is 0 Å². The van der Waals surface area contributed by atoms with Crippen LogP contribution in [0.15, 0.2) is 0 Å². The van der Waals surface area contributed by atoms with Gasteiger partial charge in [0.25, 0.3) is 0 Å². The van der Waals surface area contributed by atoms with Crippen LogP contribution in [0.25, 0.3) is 0 Å². The Kier molecular flexibility index (Phi) is 4.01. The average molecular weight is 282 g/mol. The van der Waals surface area contributed by atoms with Gasteiger partial charge in [0, 0.05) is 32.0 Å². The maximum Gasteiger partial charge on any atom is 0.311 e. The number of carbonyl (C=O) groups is 3. The summed E-state index contributed by atoms with van der Waals surface area (Å²) in [4.78, 5) is 36.3. The van der Waals surface area contributed by atoms with Crippen molar-refractivity contribution in [3.05, 3.63) is 0 Å². The highest BCUT2D eigenvalue weighted by molar-refractivity contribution is 5.83. The lowest BCUT2D eigenvalue weighted by atomic mass is 9.90. The van der Waals surface area contributed by atoms with Crippen LogP contribution in [0.3, 0.4) is 0 Å². The molecule has 2 amide bonds. The molecule has 1 saturated carbocycles. The number of nitrogens with one attached hydrogen (secondary N) is 1. The van der Waals surface area contributed by atoms with Crippen molar-refractivity contribution < 1.29 is 19.5 Å². The van der Waals surface area contributed by atoms with Crippen molar-refractivity contribution in [1.82, 2.24) is 10.2 Å². The van der Waals surface area contributed by atoms with Crippen molar-refractivity contribution >= 4 is 17.8 Å². The Morgan fingerprint density at radius 2 is 2.05 bits per heavy atom. The van der Waals surface area contributed by atoms with Gasteiger partial charge in [0.2, 0.25) is 11.8 Å². The molecular weight excluding hydrogens is 260 g/mol. The minimum Gasteiger partial charge on any atom is -0.481 e. The molecule has 2 aliphatic rings. The van der Waals surface area contributed by atoms with Crippen LogP contribution >= 0.6 is 0 Å². The lowest BCUT2D eigenvalue weighted by molar-refractivity contribution is -0.147. The molecule has 2 rings (SSSR count). The summed E-state index contributed by atoms with van der Waals surface area (Å²) < 4.78 is 0. The van der Waals surface area contributed by atoms with Gasteiger partial charge in [0.05, 0.1) is 5.41 Å². The zero-order valence-corrected chi connectivity index (χ0v) is 12.0. The van der Waals surface area contributed by atoms with Crippen LogP contribution in [0.2, 0.25) is 0 Å². The number of aliphatic carboxylic acids is 1. The number of amides is 2. The fourth-order valence-electron chi connectivity index (χ4n) is 2.62. The third kappa shape index (κ3) is 3.11. The van der Waals surface area contributed by atoms with E-state index in [2.05, 4.69) is 5.32 Å². The molecule has 2 fully saturated rings. The second-order valence-corrected chi connectivity index (χ2v) is 6.29. The van der Waals surface area contributed by atoms with E-state index in [1.807, 2.05) is 6.92 Å². The molecule has 1 aliphatic heterocycles. The second kappa shape index (κ2) is 5.42. The molecule has 2 N–H and O–H groups in total. The lowest BCUT2D eigenvalue weighted by Gasteiger charge is -2.20. The van der Waals surface area contributed by atoms with E-state index < -0.39 is 11.4 Å². The van der Waals surface area contributed by atoms with Crippen molar-refractivity contribution in [3.63, 3.8) is 0 Å². The van der Waals surface area contributed by atoms with Gasteiger partial charge in [-0.3, -0.25) is 14.4 Å². The van der Waals surface area contributed by atoms with Crippen LogP contribution in [-0.2, 0) is 14.4 Å². The van der Waals surface area contributed by atoms with Crippen molar-refractivity contribution in [2.45, 2.75) is 33.1 Å². The minimum absolute atomic E-state index is 0.0297. The van der Waals surface area contributed by atoms with Gasteiger partial charge in [-0.1, -0.05) is 6.92 Å². The Hall–Kier alpha value is -1.59. The molecule has 1 saturated heterocycles. The predicted octanol–water partition coefficient (Wildman–Crippen LogP) is 0.472. The molecule has 0 aromatic heterocycles. The number of carboxylic acids is 1. The molecule has 1 heterocycles. The van der Waals surface area contributed by atoms with Crippen LogP contribution in [0.1, 0.15) is 33.1 Å². The lowest BCUT2D eigenvalue weighted by Crippen LogP contribution is -2.36. The average Bonchev–Trinajstić information content (AvgIpc) is 2.96. The number of nitrogens with zero attached hydrogens (tertiary/aromatic N) is 1. The van der Waals surface area contributed by atoms with E-state index in [4.69, 9.17) is 5.11 Å². The van der Waals surface area contributed by atoms with Gasteiger partial charge in [0.15, 0.2) is 0 Å². The Labute approximate surface area is 118 Å². The van der Waals surface area contributed by atoms with Gasteiger partial charge in [0.1, 0.15) is 0 Å². The van der Waals surface area contributed by atoms with E-state index in [0.29, 0.717) is 25.4 Å².